The molecule has 0 spiro atoms. The number of fused-ring (bicyclic) bond motifs is 1. The summed E-state index contributed by atoms with van der Waals surface area (Å²) >= 11 is 6.14. The van der Waals surface area contributed by atoms with Gasteiger partial charge in [-0.05, 0) is 31.9 Å². The fraction of sp³-hybridized carbons (Fsp3) is 0.467. The van der Waals surface area contributed by atoms with Crippen molar-refractivity contribution in [2.45, 2.75) is 39.1 Å². The normalized spacial score (nSPS) is 12.6. The number of imidazole rings is 1. The van der Waals surface area contributed by atoms with E-state index < -0.39 is 0 Å². The first kappa shape index (κ1) is 15.8. The predicted octanol–water partition coefficient (Wildman–Crippen LogP) is 3.31. The van der Waals surface area contributed by atoms with Gasteiger partial charge in [-0.25, -0.2) is 9.37 Å². The summed E-state index contributed by atoms with van der Waals surface area (Å²) in [6.45, 7) is 6.23. The lowest BCUT2D eigenvalue weighted by Crippen LogP contribution is -2.28. The van der Waals surface area contributed by atoms with Gasteiger partial charge in [-0.3, -0.25) is 4.79 Å². The highest BCUT2D eigenvalue weighted by atomic mass is 35.5. The maximum Gasteiger partial charge on any atom is 0.240 e. The number of rotatable bonds is 5. The first-order valence-corrected chi connectivity index (χ1v) is 7.44. The molecule has 1 aromatic heterocycles. The number of carbonyl (C=O) groups is 1. The highest BCUT2D eigenvalue weighted by Crippen LogP contribution is 2.26. The van der Waals surface area contributed by atoms with E-state index in [0.717, 1.165) is 11.9 Å². The molecular formula is C15H19ClFN3O. The molecule has 0 aliphatic heterocycles. The Bertz CT molecular complexity index is 666. The summed E-state index contributed by atoms with van der Waals surface area (Å²) < 4.78 is 15.4. The molecule has 0 saturated carbocycles. The van der Waals surface area contributed by atoms with Crippen molar-refractivity contribution in [3.63, 3.8) is 0 Å². The van der Waals surface area contributed by atoms with Gasteiger partial charge in [-0.2, -0.15) is 0 Å². The number of hydrogen-bond donors (Lipinski definition) is 1. The standard InChI is InChI=1S/C15H19ClFN3O/c1-4-5-18-14(21)8-20-13-6-9(2)11(17)7-12(13)19-15(20)10(3)16/h6-7,10H,4-5,8H2,1-3H3,(H,18,21). The lowest BCUT2D eigenvalue weighted by molar-refractivity contribution is -0.121. The Morgan fingerprint density at radius 3 is 2.86 bits per heavy atom. The molecule has 2 rings (SSSR count). The zero-order valence-corrected chi connectivity index (χ0v) is 13.2. The molecule has 0 fully saturated rings. The lowest BCUT2D eigenvalue weighted by atomic mass is 10.2. The first-order valence-electron chi connectivity index (χ1n) is 7.01. The summed E-state index contributed by atoms with van der Waals surface area (Å²) in [5.41, 5.74) is 1.76. The van der Waals surface area contributed by atoms with Crippen LogP contribution in [0.3, 0.4) is 0 Å². The van der Waals surface area contributed by atoms with Crippen LogP contribution in [0.5, 0.6) is 0 Å². The minimum Gasteiger partial charge on any atom is -0.355 e. The maximum atomic E-state index is 13.7. The fourth-order valence-electron chi connectivity index (χ4n) is 2.20. The van der Waals surface area contributed by atoms with Crippen molar-refractivity contribution >= 4 is 28.5 Å². The molecule has 4 nitrogen and oxygen atoms in total. The van der Waals surface area contributed by atoms with Crippen LogP contribution in [0.4, 0.5) is 4.39 Å². The Balaban J connectivity index is 2.45. The van der Waals surface area contributed by atoms with Crippen molar-refractivity contribution in [1.29, 1.82) is 0 Å². The lowest BCUT2D eigenvalue weighted by Gasteiger charge is -2.11. The number of carbonyl (C=O) groups excluding carboxylic acids is 1. The highest BCUT2D eigenvalue weighted by Gasteiger charge is 2.18. The maximum absolute atomic E-state index is 13.7. The number of halogens is 2. The van der Waals surface area contributed by atoms with E-state index in [-0.39, 0.29) is 23.6 Å². The molecule has 0 saturated heterocycles. The van der Waals surface area contributed by atoms with Gasteiger partial charge in [-0.1, -0.05) is 6.92 Å². The molecule has 1 atom stereocenters. The molecule has 114 valence electrons. The smallest absolute Gasteiger partial charge is 0.240 e. The molecule has 0 aliphatic carbocycles. The zero-order valence-electron chi connectivity index (χ0n) is 12.4. The third-order valence-corrected chi connectivity index (χ3v) is 3.48. The first-order chi connectivity index (χ1) is 9.93. The molecule has 21 heavy (non-hydrogen) atoms. The van der Waals surface area contributed by atoms with E-state index in [2.05, 4.69) is 10.3 Å². The van der Waals surface area contributed by atoms with Crippen molar-refractivity contribution < 1.29 is 9.18 Å². The van der Waals surface area contributed by atoms with Crippen molar-refractivity contribution in [2.75, 3.05) is 6.54 Å². The topological polar surface area (TPSA) is 46.9 Å². The van der Waals surface area contributed by atoms with E-state index in [1.54, 1.807) is 24.5 Å². The second-order valence-corrected chi connectivity index (χ2v) is 5.77. The second kappa shape index (κ2) is 6.43. The van der Waals surface area contributed by atoms with Gasteiger partial charge < -0.3 is 9.88 Å². The summed E-state index contributed by atoms with van der Waals surface area (Å²) in [4.78, 5) is 16.3. The van der Waals surface area contributed by atoms with Crippen molar-refractivity contribution in [2.24, 2.45) is 0 Å². The van der Waals surface area contributed by atoms with E-state index in [9.17, 15) is 9.18 Å². The molecule has 0 radical (unpaired) electrons. The molecule has 6 heteroatoms. The highest BCUT2D eigenvalue weighted by molar-refractivity contribution is 6.20. The number of benzene rings is 1. The van der Waals surface area contributed by atoms with Gasteiger partial charge in [0.05, 0.1) is 16.4 Å². The zero-order chi connectivity index (χ0) is 15.6. The van der Waals surface area contributed by atoms with Crippen LogP contribution >= 0.6 is 11.6 Å². The molecule has 1 unspecified atom stereocenters. The van der Waals surface area contributed by atoms with Gasteiger partial charge >= 0.3 is 0 Å². The van der Waals surface area contributed by atoms with Crippen LogP contribution in [0.25, 0.3) is 11.0 Å². The Morgan fingerprint density at radius 2 is 2.24 bits per heavy atom. The van der Waals surface area contributed by atoms with Crippen molar-refractivity contribution in [1.82, 2.24) is 14.9 Å². The largest absolute Gasteiger partial charge is 0.355 e. The van der Waals surface area contributed by atoms with Crippen molar-refractivity contribution in [3.05, 3.63) is 29.3 Å². The number of nitrogens with zero attached hydrogens (tertiary/aromatic N) is 2. The summed E-state index contributed by atoms with van der Waals surface area (Å²) in [5, 5.41) is 2.46. The van der Waals surface area contributed by atoms with E-state index in [1.165, 1.54) is 6.07 Å². The SMILES string of the molecule is CCCNC(=O)Cn1c(C(C)Cl)nc2cc(F)c(C)cc21. The third-order valence-electron chi connectivity index (χ3n) is 3.29. The van der Waals surface area contributed by atoms with Crippen LogP contribution in [0.1, 0.15) is 37.0 Å². The molecule has 1 amide bonds. The molecule has 1 N–H and O–H groups in total. The van der Waals surface area contributed by atoms with Gasteiger partial charge in [0, 0.05) is 12.6 Å². The van der Waals surface area contributed by atoms with E-state index >= 15 is 0 Å². The Kier molecular flexibility index (Phi) is 4.83. The van der Waals surface area contributed by atoms with E-state index in [1.807, 2.05) is 6.92 Å². The molecule has 0 aliphatic rings. The molecular weight excluding hydrogens is 293 g/mol. The van der Waals surface area contributed by atoms with Crippen LogP contribution < -0.4 is 5.32 Å². The number of amides is 1. The molecule has 0 bridgehead atoms. The quantitative estimate of drug-likeness (QED) is 0.861. The second-order valence-electron chi connectivity index (χ2n) is 5.11. The van der Waals surface area contributed by atoms with E-state index in [4.69, 9.17) is 11.6 Å². The summed E-state index contributed by atoms with van der Waals surface area (Å²) in [5.74, 6) is 0.163. The Hall–Kier alpha value is -1.62. The number of nitrogens with one attached hydrogen (secondary N) is 1. The number of aromatic nitrogens is 2. The van der Waals surface area contributed by atoms with Crippen LogP contribution in [0, 0.1) is 12.7 Å². The van der Waals surface area contributed by atoms with Crippen LogP contribution in [-0.2, 0) is 11.3 Å². The fourth-order valence-corrected chi connectivity index (χ4v) is 2.37. The molecule has 1 heterocycles. The van der Waals surface area contributed by atoms with Gasteiger partial charge in [0.1, 0.15) is 18.2 Å². The van der Waals surface area contributed by atoms with Gasteiger partial charge in [0.2, 0.25) is 5.91 Å². The van der Waals surface area contributed by atoms with Crippen molar-refractivity contribution in [3.8, 4) is 0 Å². The van der Waals surface area contributed by atoms with Gasteiger partial charge in [0.15, 0.2) is 0 Å². The Morgan fingerprint density at radius 1 is 1.52 bits per heavy atom. The monoisotopic (exact) mass is 311 g/mol. The Labute approximate surface area is 128 Å². The predicted molar refractivity (Wildman–Crippen MR) is 82.0 cm³/mol. The van der Waals surface area contributed by atoms with Crippen LogP contribution in [0.15, 0.2) is 12.1 Å². The number of aryl methyl sites for hydroxylation is 1. The minimum absolute atomic E-state index is 0.100. The summed E-state index contributed by atoms with van der Waals surface area (Å²) in [6.07, 6.45) is 0.875. The third kappa shape index (κ3) is 3.35. The van der Waals surface area contributed by atoms with Crippen LogP contribution in [0.2, 0.25) is 0 Å². The van der Waals surface area contributed by atoms with Gasteiger partial charge in [0.25, 0.3) is 0 Å². The average Bonchev–Trinajstić information content (AvgIpc) is 2.75. The molecule has 1 aromatic carbocycles. The van der Waals surface area contributed by atoms with Crippen LogP contribution in [-0.4, -0.2) is 22.0 Å². The summed E-state index contributed by atoms with van der Waals surface area (Å²) in [7, 11) is 0. The van der Waals surface area contributed by atoms with E-state index in [0.29, 0.717) is 23.4 Å². The number of hydrogen-bond acceptors (Lipinski definition) is 2. The summed E-state index contributed by atoms with van der Waals surface area (Å²) in [6, 6.07) is 3.08. The molecule has 2 aromatic rings. The van der Waals surface area contributed by atoms with Gasteiger partial charge in [-0.15, -0.1) is 11.6 Å². The minimum atomic E-state index is -0.361. The average molecular weight is 312 g/mol. The number of alkyl halides is 1.